The van der Waals surface area contributed by atoms with Crippen LogP contribution in [0.25, 0.3) is 10.9 Å². The summed E-state index contributed by atoms with van der Waals surface area (Å²) < 4.78 is 43.0. The summed E-state index contributed by atoms with van der Waals surface area (Å²) in [6, 6.07) is 3.75. The Labute approximate surface area is 133 Å². The van der Waals surface area contributed by atoms with Crippen LogP contribution in [0.4, 0.5) is 9.18 Å². The third kappa shape index (κ3) is 2.84. The summed E-state index contributed by atoms with van der Waals surface area (Å²) >= 11 is 0. The monoisotopic (exact) mass is 339 g/mol. The third-order valence-electron chi connectivity index (χ3n) is 3.52. The summed E-state index contributed by atoms with van der Waals surface area (Å²) in [6.07, 6.45) is 0.615. The maximum absolute atomic E-state index is 14.3. The van der Waals surface area contributed by atoms with Gasteiger partial charge in [-0.1, -0.05) is 0 Å². The lowest BCUT2D eigenvalue weighted by molar-refractivity contribution is 0.240. The molecule has 23 heavy (non-hydrogen) atoms. The number of halogens is 1. The Kier molecular flexibility index (Phi) is 3.49. The average molecular weight is 339 g/mol. The van der Waals surface area contributed by atoms with Crippen molar-refractivity contribution < 1.29 is 17.6 Å². The fraction of sp³-hybridized carbons (Fsp3) is 0.400. The molecule has 0 saturated heterocycles. The number of nitrogens with zero attached hydrogens (tertiary/aromatic N) is 1. The quantitative estimate of drug-likeness (QED) is 0.878. The lowest BCUT2D eigenvalue weighted by Gasteiger charge is -2.21. The van der Waals surface area contributed by atoms with Gasteiger partial charge in [-0.15, -0.1) is 0 Å². The second-order valence-corrected chi connectivity index (χ2v) is 8.30. The van der Waals surface area contributed by atoms with Gasteiger partial charge in [0.25, 0.3) is 0 Å². The predicted molar refractivity (Wildman–Crippen MR) is 84.5 cm³/mol. The normalized spacial score (nSPS) is 15.6. The molecule has 2 heterocycles. The van der Waals surface area contributed by atoms with Crippen LogP contribution in [0, 0.1) is 5.82 Å². The van der Waals surface area contributed by atoms with Gasteiger partial charge in [-0.05, 0) is 39.0 Å². The summed E-state index contributed by atoms with van der Waals surface area (Å²) in [7, 11) is -4.03. The molecule has 0 saturated carbocycles. The van der Waals surface area contributed by atoms with E-state index in [2.05, 4.69) is 10.0 Å². The van der Waals surface area contributed by atoms with Crippen molar-refractivity contribution in [3.63, 3.8) is 0 Å². The lowest BCUT2D eigenvalue weighted by Crippen LogP contribution is -2.40. The second kappa shape index (κ2) is 5.04. The Morgan fingerprint density at radius 2 is 1.96 bits per heavy atom. The van der Waals surface area contributed by atoms with Gasteiger partial charge in [0.2, 0.25) is 10.0 Å². The zero-order chi connectivity index (χ0) is 17.0. The van der Waals surface area contributed by atoms with Crippen LogP contribution in [0.5, 0.6) is 0 Å². The van der Waals surface area contributed by atoms with E-state index < -0.39 is 26.3 Å². The average Bonchev–Trinajstić information content (AvgIpc) is 2.73. The minimum atomic E-state index is -4.03. The standard InChI is InChI=1S/C15H18FN3O3S/c1-15(2,3)18-23(21,22)13-8-12-9(7-11(13)16)6-10-4-5-17-14(20)19(10)12/h6-8,18H,4-5H2,1-3H3,(H,17,20). The van der Waals surface area contributed by atoms with E-state index in [0.717, 1.165) is 11.8 Å². The maximum Gasteiger partial charge on any atom is 0.326 e. The molecule has 1 aliphatic rings. The molecule has 3 rings (SSSR count). The molecule has 124 valence electrons. The van der Waals surface area contributed by atoms with Crippen LogP contribution in [0.1, 0.15) is 26.5 Å². The van der Waals surface area contributed by atoms with Gasteiger partial charge in [-0.2, -0.15) is 0 Å². The number of hydrogen-bond acceptors (Lipinski definition) is 3. The Morgan fingerprint density at radius 3 is 2.61 bits per heavy atom. The summed E-state index contributed by atoms with van der Waals surface area (Å²) in [5.41, 5.74) is 0.380. The molecule has 1 aliphatic heterocycles. The zero-order valence-corrected chi connectivity index (χ0v) is 13.9. The molecule has 0 aliphatic carbocycles. The molecule has 8 heteroatoms. The van der Waals surface area contributed by atoms with Crippen molar-refractivity contribution >= 4 is 27.0 Å². The molecule has 1 amide bonds. The van der Waals surface area contributed by atoms with Crippen LogP contribution in [-0.4, -0.2) is 31.1 Å². The molecule has 0 fully saturated rings. The molecule has 2 N–H and O–H groups in total. The minimum Gasteiger partial charge on any atom is -0.337 e. The van der Waals surface area contributed by atoms with E-state index in [0.29, 0.717) is 23.9 Å². The fourth-order valence-electron chi connectivity index (χ4n) is 2.73. The van der Waals surface area contributed by atoms with Gasteiger partial charge in [0.05, 0.1) is 5.52 Å². The van der Waals surface area contributed by atoms with Crippen molar-refractivity contribution in [3.8, 4) is 0 Å². The summed E-state index contributed by atoms with van der Waals surface area (Å²) in [5, 5.41) is 3.20. The molecule has 6 nitrogen and oxygen atoms in total. The van der Waals surface area contributed by atoms with E-state index in [4.69, 9.17) is 0 Å². The second-order valence-electron chi connectivity index (χ2n) is 6.65. The Morgan fingerprint density at radius 1 is 1.26 bits per heavy atom. The highest BCUT2D eigenvalue weighted by Crippen LogP contribution is 2.27. The van der Waals surface area contributed by atoms with Gasteiger partial charge >= 0.3 is 6.03 Å². The number of fused-ring (bicyclic) bond motifs is 3. The number of carbonyl (C=O) groups excluding carboxylic acids is 1. The van der Waals surface area contributed by atoms with Crippen LogP contribution >= 0.6 is 0 Å². The van der Waals surface area contributed by atoms with Gasteiger partial charge in [0.15, 0.2) is 0 Å². The number of amides is 1. The van der Waals surface area contributed by atoms with Gasteiger partial charge in [0.1, 0.15) is 10.7 Å². The number of nitrogens with one attached hydrogen (secondary N) is 2. The number of rotatable bonds is 2. The largest absolute Gasteiger partial charge is 0.337 e. The highest BCUT2D eigenvalue weighted by atomic mass is 32.2. The zero-order valence-electron chi connectivity index (χ0n) is 13.1. The predicted octanol–water partition coefficient (Wildman–Crippen LogP) is 1.97. The van der Waals surface area contributed by atoms with Gasteiger partial charge in [-0.3, -0.25) is 4.57 Å². The topological polar surface area (TPSA) is 80.2 Å². The van der Waals surface area contributed by atoms with Crippen LogP contribution < -0.4 is 10.0 Å². The van der Waals surface area contributed by atoms with E-state index >= 15 is 0 Å². The van der Waals surface area contributed by atoms with Crippen molar-refractivity contribution in [2.75, 3.05) is 6.54 Å². The van der Waals surface area contributed by atoms with Crippen molar-refractivity contribution in [2.24, 2.45) is 0 Å². The highest BCUT2D eigenvalue weighted by Gasteiger charge is 2.27. The van der Waals surface area contributed by atoms with Crippen LogP contribution in [-0.2, 0) is 16.4 Å². The molecule has 0 radical (unpaired) electrons. The van der Waals surface area contributed by atoms with Gasteiger partial charge < -0.3 is 5.32 Å². The molecule has 2 aromatic rings. The molecular weight excluding hydrogens is 321 g/mol. The molecule has 0 unspecified atom stereocenters. The first kappa shape index (κ1) is 15.9. The van der Waals surface area contributed by atoms with E-state index in [9.17, 15) is 17.6 Å². The van der Waals surface area contributed by atoms with Crippen LogP contribution in [0.3, 0.4) is 0 Å². The van der Waals surface area contributed by atoms with Gasteiger partial charge in [-0.25, -0.2) is 22.3 Å². The summed E-state index contributed by atoms with van der Waals surface area (Å²) in [6.45, 7) is 5.53. The van der Waals surface area contributed by atoms with E-state index in [1.165, 1.54) is 10.6 Å². The van der Waals surface area contributed by atoms with Crippen molar-refractivity contribution in [3.05, 3.63) is 29.7 Å². The molecule has 0 spiro atoms. The van der Waals surface area contributed by atoms with Crippen molar-refractivity contribution in [1.29, 1.82) is 0 Å². The Bertz CT molecular complexity index is 910. The molecule has 1 aromatic carbocycles. The number of aromatic nitrogens is 1. The smallest absolute Gasteiger partial charge is 0.326 e. The maximum atomic E-state index is 14.3. The highest BCUT2D eigenvalue weighted by molar-refractivity contribution is 7.89. The molecule has 0 bridgehead atoms. The van der Waals surface area contributed by atoms with E-state index in [1.807, 2.05) is 0 Å². The summed E-state index contributed by atoms with van der Waals surface area (Å²) in [5.74, 6) is -0.836. The van der Waals surface area contributed by atoms with Crippen molar-refractivity contribution in [1.82, 2.24) is 14.6 Å². The SMILES string of the molecule is CC(C)(C)NS(=O)(=O)c1cc2c(cc1F)cc1n2C(=O)NCC1. The number of sulfonamides is 1. The molecule has 0 atom stereocenters. The van der Waals surface area contributed by atoms with Gasteiger partial charge in [0, 0.05) is 29.6 Å². The van der Waals surface area contributed by atoms with Crippen molar-refractivity contribution in [2.45, 2.75) is 37.6 Å². The Hall–Kier alpha value is -1.93. The lowest BCUT2D eigenvalue weighted by atomic mass is 10.1. The Balaban J connectivity index is 2.22. The molecule has 1 aromatic heterocycles. The van der Waals surface area contributed by atoms with Crippen LogP contribution in [0.15, 0.2) is 23.1 Å². The first-order valence-corrected chi connectivity index (χ1v) is 8.73. The number of carbonyl (C=O) groups is 1. The van der Waals surface area contributed by atoms with E-state index in [1.54, 1.807) is 26.8 Å². The first-order valence-electron chi connectivity index (χ1n) is 7.24. The summed E-state index contributed by atoms with van der Waals surface area (Å²) in [4.78, 5) is 11.6. The van der Waals surface area contributed by atoms with E-state index in [-0.39, 0.29) is 6.03 Å². The number of hydrogen-bond donors (Lipinski definition) is 2. The third-order valence-corrected chi connectivity index (χ3v) is 5.29. The first-order chi connectivity index (χ1) is 10.6. The van der Waals surface area contributed by atoms with Crippen LogP contribution in [0.2, 0.25) is 0 Å². The molecular formula is C15H18FN3O3S. The fourth-order valence-corrected chi connectivity index (χ4v) is 4.23. The number of benzene rings is 1. The minimum absolute atomic E-state index is 0.333.